The molecule has 2 aromatic rings. The summed E-state index contributed by atoms with van der Waals surface area (Å²) >= 11 is 1.29. The predicted molar refractivity (Wildman–Crippen MR) is 144 cm³/mol. The van der Waals surface area contributed by atoms with Gasteiger partial charge in [0.05, 0.1) is 17.8 Å². The first-order chi connectivity index (χ1) is 17.3. The highest BCUT2D eigenvalue weighted by Crippen LogP contribution is 2.36. The van der Waals surface area contributed by atoms with E-state index in [2.05, 4.69) is 44.9 Å². The van der Waals surface area contributed by atoms with Crippen molar-refractivity contribution in [3.05, 3.63) is 35.9 Å². The second-order valence-electron chi connectivity index (χ2n) is 10.1. The van der Waals surface area contributed by atoms with Crippen molar-refractivity contribution in [3.8, 4) is 0 Å². The molecule has 0 amide bonds. The lowest BCUT2D eigenvalue weighted by Gasteiger charge is -2.37. The van der Waals surface area contributed by atoms with Crippen LogP contribution in [-0.2, 0) is 9.47 Å². The summed E-state index contributed by atoms with van der Waals surface area (Å²) in [6.45, 7) is 3.97. The summed E-state index contributed by atoms with van der Waals surface area (Å²) in [5.41, 5.74) is 7.43. The standard InChI is InChI=1S/C27H43N5O2S/c1-33-16-9-17-34-25(22-12-6-3-7-13-22)23-14-8-15-32(20-23)27-26(30-35-31-27)29-24(19-28)18-21-10-4-2-5-11-21/h3,6-7,12-13,21,23-25H,2,4-5,8-11,14-20,28H2,1H3,(H,29,30)/t23-,24+,25?/m1/s1. The zero-order valence-electron chi connectivity index (χ0n) is 21.2. The van der Waals surface area contributed by atoms with Crippen LogP contribution < -0.4 is 16.0 Å². The first kappa shape index (κ1) is 26.3. The van der Waals surface area contributed by atoms with E-state index in [1.165, 1.54) is 49.4 Å². The first-order valence-electron chi connectivity index (χ1n) is 13.5. The number of ether oxygens (including phenoxy) is 2. The summed E-state index contributed by atoms with van der Waals surface area (Å²) in [6, 6.07) is 10.9. The lowest BCUT2D eigenvalue weighted by atomic mass is 9.85. The molecule has 4 rings (SSSR count). The van der Waals surface area contributed by atoms with Gasteiger partial charge < -0.3 is 25.4 Å². The van der Waals surface area contributed by atoms with Crippen molar-refractivity contribution in [1.82, 2.24) is 8.75 Å². The Labute approximate surface area is 215 Å². The van der Waals surface area contributed by atoms with E-state index >= 15 is 0 Å². The van der Waals surface area contributed by atoms with Gasteiger partial charge in [-0.2, -0.15) is 8.75 Å². The molecule has 8 heteroatoms. The number of nitrogens with zero attached hydrogens (tertiary/aromatic N) is 3. The number of nitrogens with one attached hydrogen (secondary N) is 1. The second kappa shape index (κ2) is 14.1. The van der Waals surface area contributed by atoms with E-state index in [1.807, 2.05) is 0 Å². The number of piperidine rings is 1. The van der Waals surface area contributed by atoms with Crippen molar-refractivity contribution in [3.63, 3.8) is 0 Å². The molecule has 1 saturated carbocycles. The van der Waals surface area contributed by atoms with E-state index in [1.54, 1.807) is 7.11 Å². The molecule has 2 fully saturated rings. The third-order valence-corrected chi connectivity index (χ3v) is 8.06. The zero-order chi connectivity index (χ0) is 24.3. The number of methoxy groups -OCH3 is 1. The van der Waals surface area contributed by atoms with E-state index in [9.17, 15) is 0 Å². The molecule has 35 heavy (non-hydrogen) atoms. The van der Waals surface area contributed by atoms with Gasteiger partial charge in [-0.25, -0.2) is 0 Å². The largest absolute Gasteiger partial charge is 0.385 e. The van der Waals surface area contributed by atoms with Gasteiger partial charge in [-0.3, -0.25) is 0 Å². The topological polar surface area (TPSA) is 85.5 Å². The Kier molecular flexibility index (Phi) is 10.6. The number of rotatable bonds is 13. The average molecular weight is 502 g/mol. The van der Waals surface area contributed by atoms with Crippen molar-refractivity contribution in [2.45, 2.75) is 69.9 Å². The molecular formula is C27H43N5O2S. The molecule has 0 spiro atoms. The van der Waals surface area contributed by atoms with Crippen LogP contribution in [0.3, 0.4) is 0 Å². The van der Waals surface area contributed by atoms with Gasteiger partial charge in [-0.15, -0.1) is 0 Å². The fourth-order valence-electron chi connectivity index (χ4n) is 5.73. The number of benzene rings is 1. The summed E-state index contributed by atoms with van der Waals surface area (Å²) in [4.78, 5) is 2.41. The average Bonchev–Trinajstić information content (AvgIpc) is 3.38. The lowest BCUT2D eigenvalue weighted by molar-refractivity contribution is -0.00237. The fraction of sp³-hybridized carbons (Fsp3) is 0.704. The maximum Gasteiger partial charge on any atom is 0.186 e. The molecule has 2 aliphatic rings. The molecule has 1 aromatic heterocycles. The molecule has 3 N–H and O–H groups in total. The quantitative estimate of drug-likeness (QED) is 0.362. The summed E-state index contributed by atoms with van der Waals surface area (Å²) in [6.07, 6.45) is 11.1. The zero-order valence-corrected chi connectivity index (χ0v) is 22.1. The Bertz CT molecular complexity index is 845. The van der Waals surface area contributed by atoms with E-state index < -0.39 is 0 Å². The Balaban J connectivity index is 1.42. The van der Waals surface area contributed by atoms with Gasteiger partial charge in [0.25, 0.3) is 0 Å². The van der Waals surface area contributed by atoms with Crippen LogP contribution in [-0.4, -0.2) is 54.7 Å². The second-order valence-corrected chi connectivity index (χ2v) is 10.7. The molecule has 1 aromatic carbocycles. The molecule has 194 valence electrons. The van der Waals surface area contributed by atoms with Crippen LogP contribution >= 0.6 is 11.7 Å². The molecular weight excluding hydrogens is 458 g/mol. The highest BCUT2D eigenvalue weighted by Gasteiger charge is 2.31. The summed E-state index contributed by atoms with van der Waals surface area (Å²) < 4.78 is 21.1. The number of nitrogens with two attached hydrogens (primary N) is 1. The Hall–Kier alpha value is -1.74. The molecule has 3 atom stereocenters. The van der Waals surface area contributed by atoms with E-state index in [4.69, 9.17) is 19.6 Å². The van der Waals surface area contributed by atoms with Crippen LogP contribution in [0.15, 0.2) is 30.3 Å². The van der Waals surface area contributed by atoms with Crippen LogP contribution in [0.4, 0.5) is 11.6 Å². The summed E-state index contributed by atoms with van der Waals surface area (Å²) in [7, 11) is 1.74. The third-order valence-electron chi connectivity index (χ3n) is 7.54. The van der Waals surface area contributed by atoms with Crippen molar-refractivity contribution in [1.29, 1.82) is 0 Å². The third kappa shape index (κ3) is 7.62. The van der Waals surface area contributed by atoms with Gasteiger partial charge in [0.2, 0.25) is 0 Å². The first-order valence-corrected chi connectivity index (χ1v) is 14.2. The SMILES string of the molecule is COCCCOC(c1ccccc1)[C@@H]1CCCN(c2nsnc2N[C@H](CN)CC2CCCCC2)C1. The van der Waals surface area contributed by atoms with Gasteiger partial charge in [0.15, 0.2) is 11.6 Å². The van der Waals surface area contributed by atoms with Gasteiger partial charge in [0.1, 0.15) is 0 Å². The monoisotopic (exact) mass is 501 g/mol. The van der Waals surface area contributed by atoms with Gasteiger partial charge in [-0.05, 0) is 37.2 Å². The molecule has 1 aliphatic heterocycles. The van der Waals surface area contributed by atoms with Crippen LogP contribution in [0.2, 0.25) is 0 Å². The van der Waals surface area contributed by atoms with Gasteiger partial charge in [0, 0.05) is 51.9 Å². The molecule has 1 saturated heterocycles. The Morgan fingerprint density at radius 2 is 1.91 bits per heavy atom. The summed E-state index contributed by atoms with van der Waals surface area (Å²) in [5, 5.41) is 3.67. The molecule has 1 aliphatic carbocycles. The van der Waals surface area contributed by atoms with Gasteiger partial charge >= 0.3 is 0 Å². The molecule has 0 bridgehead atoms. The Morgan fingerprint density at radius 1 is 1.09 bits per heavy atom. The van der Waals surface area contributed by atoms with E-state index in [0.717, 1.165) is 62.9 Å². The van der Waals surface area contributed by atoms with Crippen LogP contribution in [0.1, 0.15) is 69.5 Å². The highest BCUT2D eigenvalue weighted by molar-refractivity contribution is 6.99. The highest BCUT2D eigenvalue weighted by atomic mass is 32.1. The minimum absolute atomic E-state index is 0.0713. The normalized spacial score (nSPS) is 21.1. The van der Waals surface area contributed by atoms with Crippen LogP contribution in [0, 0.1) is 11.8 Å². The van der Waals surface area contributed by atoms with Crippen molar-refractivity contribution < 1.29 is 9.47 Å². The Morgan fingerprint density at radius 3 is 2.69 bits per heavy atom. The minimum atomic E-state index is 0.0713. The minimum Gasteiger partial charge on any atom is -0.385 e. The number of hydrogen-bond donors (Lipinski definition) is 2. The van der Waals surface area contributed by atoms with E-state index in [-0.39, 0.29) is 12.1 Å². The van der Waals surface area contributed by atoms with Crippen LogP contribution in [0.5, 0.6) is 0 Å². The summed E-state index contributed by atoms with van der Waals surface area (Å²) in [5.74, 6) is 3.06. The maximum atomic E-state index is 6.46. The number of aromatic nitrogens is 2. The lowest BCUT2D eigenvalue weighted by Crippen LogP contribution is -2.39. The molecule has 2 heterocycles. The number of anilines is 2. The number of hydrogen-bond acceptors (Lipinski definition) is 8. The fourth-order valence-corrected chi connectivity index (χ4v) is 6.26. The molecule has 7 nitrogen and oxygen atoms in total. The maximum absolute atomic E-state index is 6.46. The smallest absolute Gasteiger partial charge is 0.186 e. The van der Waals surface area contributed by atoms with Gasteiger partial charge in [-0.1, -0.05) is 62.4 Å². The van der Waals surface area contributed by atoms with Crippen molar-refractivity contribution in [2.75, 3.05) is 50.2 Å². The molecule has 0 radical (unpaired) electrons. The predicted octanol–water partition coefficient (Wildman–Crippen LogP) is 5.26. The van der Waals surface area contributed by atoms with Crippen LogP contribution in [0.25, 0.3) is 0 Å². The van der Waals surface area contributed by atoms with E-state index in [0.29, 0.717) is 19.1 Å². The van der Waals surface area contributed by atoms with Crippen molar-refractivity contribution in [2.24, 2.45) is 17.6 Å². The van der Waals surface area contributed by atoms with Crippen molar-refractivity contribution >= 4 is 23.4 Å². The molecule has 1 unspecified atom stereocenters.